The molecule has 0 spiro atoms. The molecule has 0 bridgehead atoms. The van der Waals surface area contributed by atoms with Crippen molar-refractivity contribution < 1.29 is 4.74 Å². The lowest BCUT2D eigenvalue weighted by molar-refractivity contribution is 0.199. The number of aryl methyl sites for hydroxylation is 1. The quantitative estimate of drug-likeness (QED) is 0.662. The third kappa shape index (κ3) is 1.86. The maximum atomic E-state index is 6.15. The molecule has 0 saturated heterocycles. The van der Waals surface area contributed by atoms with E-state index in [1.807, 2.05) is 39.0 Å². The van der Waals surface area contributed by atoms with Gasteiger partial charge in [0, 0.05) is 0 Å². The Morgan fingerprint density at radius 1 is 1.33 bits per heavy atom. The molecule has 3 heteroatoms. The van der Waals surface area contributed by atoms with E-state index in [0.29, 0.717) is 5.17 Å². The van der Waals surface area contributed by atoms with E-state index in [-0.39, 0.29) is 12.1 Å². The molecule has 2 atom stereocenters. The van der Waals surface area contributed by atoms with Crippen molar-refractivity contribution in [3.05, 3.63) is 29.3 Å². The maximum absolute atomic E-state index is 6.15. The molecule has 1 aromatic rings. The molecule has 1 aliphatic heterocycles. The Morgan fingerprint density at radius 2 is 2.07 bits per heavy atom. The van der Waals surface area contributed by atoms with Gasteiger partial charge in [-0.25, -0.2) is 0 Å². The summed E-state index contributed by atoms with van der Waals surface area (Å²) in [6, 6.07) is 6.02. The highest BCUT2D eigenvalue weighted by Gasteiger charge is 2.22. The molecule has 2 nitrogen and oxygen atoms in total. The van der Waals surface area contributed by atoms with Crippen LogP contribution in [0.5, 0.6) is 5.75 Å². The van der Waals surface area contributed by atoms with E-state index in [4.69, 9.17) is 16.3 Å². The molecule has 0 unspecified atom stereocenters. The van der Waals surface area contributed by atoms with Gasteiger partial charge < -0.3 is 4.74 Å². The molecular weight excluding hydrogens is 210 g/mol. The molecule has 0 saturated carbocycles. The Balaban J connectivity index is 2.57. The van der Waals surface area contributed by atoms with Crippen molar-refractivity contribution in [3.8, 4) is 5.75 Å². The van der Waals surface area contributed by atoms with Crippen molar-refractivity contribution in [2.75, 3.05) is 0 Å². The number of aliphatic imine (C=N–C) groups is 1. The minimum Gasteiger partial charge on any atom is -0.487 e. The Hall–Kier alpha value is -1.02. The molecular formula is C12H14ClNO. The van der Waals surface area contributed by atoms with Crippen LogP contribution in [0.2, 0.25) is 0 Å². The van der Waals surface area contributed by atoms with Gasteiger partial charge in [0.05, 0.1) is 11.6 Å². The van der Waals surface area contributed by atoms with Gasteiger partial charge in [0.2, 0.25) is 0 Å². The molecule has 0 fully saturated rings. The van der Waals surface area contributed by atoms with Crippen molar-refractivity contribution in [1.82, 2.24) is 0 Å². The van der Waals surface area contributed by atoms with Crippen molar-refractivity contribution in [2.24, 2.45) is 4.99 Å². The van der Waals surface area contributed by atoms with E-state index in [2.05, 4.69) is 4.99 Å². The van der Waals surface area contributed by atoms with Gasteiger partial charge in [-0.1, -0.05) is 23.7 Å². The van der Waals surface area contributed by atoms with Crippen LogP contribution in [0, 0.1) is 6.92 Å². The van der Waals surface area contributed by atoms with Gasteiger partial charge in [0.15, 0.2) is 0 Å². The summed E-state index contributed by atoms with van der Waals surface area (Å²) in [6.45, 7) is 6.04. The van der Waals surface area contributed by atoms with Gasteiger partial charge in [0.25, 0.3) is 0 Å². The average Bonchev–Trinajstić information content (AvgIpc) is 2.29. The fourth-order valence-electron chi connectivity index (χ4n) is 1.61. The van der Waals surface area contributed by atoms with Crippen LogP contribution in [0.25, 0.3) is 0 Å². The lowest BCUT2D eigenvalue weighted by Gasteiger charge is -2.17. The second-order valence-electron chi connectivity index (χ2n) is 3.94. The summed E-state index contributed by atoms with van der Waals surface area (Å²) in [5, 5.41) is 0.547. The Kier molecular flexibility index (Phi) is 2.70. The van der Waals surface area contributed by atoms with Gasteiger partial charge in [-0.15, -0.1) is 0 Å². The van der Waals surface area contributed by atoms with E-state index in [9.17, 15) is 0 Å². The number of fused-ring (bicyclic) bond motifs is 1. The normalized spacial score (nSPS) is 24.9. The number of para-hydroxylation sites is 1. The smallest absolute Gasteiger partial charge is 0.135 e. The lowest BCUT2D eigenvalue weighted by Crippen LogP contribution is -2.23. The molecule has 1 aliphatic rings. The Labute approximate surface area is 94.9 Å². The average molecular weight is 224 g/mol. The van der Waals surface area contributed by atoms with Gasteiger partial charge in [0.1, 0.15) is 17.0 Å². The molecule has 0 aromatic heterocycles. The van der Waals surface area contributed by atoms with Crippen LogP contribution < -0.4 is 4.74 Å². The SMILES string of the molecule is Cc1cccc2c1O[C@H](C)[C@H](C)N=C2Cl. The molecule has 15 heavy (non-hydrogen) atoms. The molecule has 0 N–H and O–H groups in total. The summed E-state index contributed by atoms with van der Waals surface area (Å²) in [4.78, 5) is 4.40. The highest BCUT2D eigenvalue weighted by atomic mass is 35.5. The minimum atomic E-state index is 0.0566. The first-order chi connectivity index (χ1) is 7.09. The molecule has 0 aliphatic carbocycles. The minimum absolute atomic E-state index is 0.0566. The topological polar surface area (TPSA) is 21.6 Å². The second kappa shape index (κ2) is 3.86. The number of hydrogen-bond donors (Lipinski definition) is 0. The van der Waals surface area contributed by atoms with Crippen LogP contribution in [-0.2, 0) is 0 Å². The fourth-order valence-corrected chi connectivity index (χ4v) is 1.91. The summed E-state index contributed by atoms with van der Waals surface area (Å²) in [6.07, 6.45) is 0.0566. The van der Waals surface area contributed by atoms with Crippen LogP contribution in [-0.4, -0.2) is 17.3 Å². The molecule has 0 radical (unpaired) electrons. The van der Waals surface area contributed by atoms with E-state index in [1.54, 1.807) is 0 Å². The first kappa shape index (κ1) is 10.5. The molecule has 2 rings (SSSR count). The first-order valence-electron chi connectivity index (χ1n) is 5.09. The van der Waals surface area contributed by atoms with Crippen LogP contribution in [0.15, 0.2) is 23.2 Å². The molecule has 1 aromatic carbocycles. The number of benzene rings is 1. The van der Waals surface area contributed by atoms with Crippen LogP contribution in [0.3, 0.4) is 0 Å². The van der Waals surface area contributed by atoms with Gasteiger partial charge in [-0.05, 0) is 32.4 Å². The van der Waals surface area contributed by atoms with Crippen molar-refractivity contribution >= 4 is 16.8 Å². The van der Waals surface area contributed by atoms with Gasteiger partial charge in [-0.3, -0.25) is 4.99 Å². The molecule has 80 valence electrons. The number of halogens is 1. The first-order valence-corrected chi connectivity index (χ1v) is 5.47. The summed E-state index contributed by atoms with van der Waals surface area (Å²) in [5.41, 5.74) is 2.00. The summed E-state index contributed by atoms with van der Waals surface area (Å²) in [5.74, 6) is 0.864. The summed E-state index contributed by atoms with van der Waals surface area (Å²) >= 11 is 6.15. The van der Waals surface area contributed by atoms with Gasteiger partial charge in [-0.2, -0.15) is 0 Å². The predicted molar refractivity (Wildman–Crippen MR) is 63.1 cm³/mol. The zero-order valence-electron chi connectivity index (χ0n) is 9.12. The predicted octanol–water partition coefficient (Wildman–Crippen LogP) is 3.15. The standard InChI is InChI=1S/C12H14ClNO/c1-7-5-4-6-10-11(7)15-9(3)8(2)14-12(10)13/h4-6,8-9H,1-3H3/t8-,9+/m0/s1. The van der Waals surface area contributed by atoms with Crippen molar-refractivity contribution in [2.45, 2.75) is 32.9 Å². The fraction of sp³-hybridized carbons (Fsp3) is 0.417. The lowest BCUT2D eigenvalue weighted by atomic mass is 10.1. The van der Waals surface area contributed by atoms with Gasteiger partial charge >= 0.3 is 0 Å². The number of rotatable bonds is 0. The Bertz CT molecular complexity index is 414. The zero-order chi connectivity index (χ0) is 11.0. The molecule has 0 amide bonds. The number of ether oxygens (including phenoxy) is 1. The maximum Gasteiger partial charge on any atom is 0.135 e. The summed E-state index contributed by atoms with van der Waals surface area (Å²) in [7, 11) is 0. The van der Waals surface area contributed by atoms with E-state index < -0.39 is 0 Å². The number of nitrogens with zero attached hydrogens (tertiary/aromatic N) is 1. The third-order valence-corrected chi connectivity index (χ3v) is 3.04. The van der Waals surface area contributed by atoms with Crippen LogP contribution in [0.4, 0.5) is 0 Å². The highest BCUT2D eigenvalue weighted by Crippen LogP contribution is 2.29. The largest absolute Gasteiger partial charge is 0.487 e. The Morgan fingerprint density at radius 3 is 2.80 bits per heavy atom. The van der Waals surface area contributed by atoms with E-state index in [1.165, 1.54) is 0 Å². The van der Waals surface area contributed by atoms with Crippen molar-refractivity contribution in [3.63, 3.8) is 0 Å². The summed E-state index contributed by atoms with van der Waals surface area (Å²) < 4.78 is 5.87. The molecule has 1 heterocycles. The third-order valence-electron chi connectivity index (χ3n) is 2.73. The number of hydrogen-bond acceptors (Lipinski definition) is 2. The second-order valence-corrected chi connectivity index (χ2v) is 4.29. The van der Waals surface area contributed by atoms with Crippen LogP contribution in [0.1, 0.15) is 25.0 Å². The zero-order valence-corrected chi connectivity index (χ0v) is 9.88. The van der Waals surface area contributed by atoms with Crippen LogP contribution >= 0.6 is 11.6 Å². The van der Waals surface area contributed by atoms with E-state index >= 15 is 0 Å². The van der Waals surface area contributed by atoms with Crippen molar-refractivity contribution in [1.29, 1.82) is 0 Å². The van der Waals surface area contributed by atoms with E-state index in [0.717, 1.165) is 16.9 Å². The highest BCUT2D eigenvalue weighted by molar-refractivity contribution is 6.70. The monoisotopic (exact) mass is 223 g/mol.